The molecule has 0 aliphatic heterocycles. The van der Waals surface area contributed by atoms with Gasteiger partial charge >= 0.3 is 0 Å². The molecule has 0 radical (unpaired) electrons. The van der Waals surface area contributed by atoms with Crippen LogP contribution < -0.4 is 5.32 Å². The van der Waals surface area contributed by atoms with Gasteiger partial charge in [0.2, 0.25) is 5.91 Å². The summed E-state index contributed by atoms with van der Waals surface area (Å²) >= 11 is 5.87. The van der Waals surface area contributed by atoms with E-state index < -0.39 is 0 Å². The Morgan fingerprint density at radius 1 is 1.05 bits per heavy atom. The summed E-state index contributed by atoms with van der Waals surface area (Å²) in [7, 11) is 0. The molecule has 0 heterocycles. The van der Waals surface area contributed by atoms with E-state index in [4.69, 9.17) is 11.6 Å². The molecule has 0 aromatic heterocycles. The molecular weight excluding hydrogens is 294 g/mol. The van der Waals surface area contributed by atoms with Gasteiger partial charge < -0.3 is 5.32 Å². The molecule has 3 heteroatoms. The van der Waals surface area contributed by atoms with Crippen molar-refractivity contribution in [1.29, 1.82) is 0 Å². The molecule has 1 N–H and O–H groups in total. The van der Waals surface area contributed by atoms with Crippen LogP contribution in [0.2, 0.25) is 5.02 Å². The summed E-state index contributed by atoms with van der Waals surface area (Å²) in [5.41, 5.74) is 1.10. The van der Waals surface area contributed by atoms with E-state index in [-0.39, 0.29) is 11.4 Å². The Morgan fingerprint density at radius 2 is 1.59 bits per heavy atom. The van der Waals surface area contributed by atoms with Crippen molar-refractivity contribution in [2.45, 2.75) is 44.1 Å². The Bertz CT molecular complexity index is 569. The zero-order valence-corrected chi connectivity index (χ0v) is 13.5. The van der Waals surface area contributed by atoms with Crippen LogP contribution in [0.5, 0.6) is 0 Å². The van der Waals surface area contributed by atoms with Gasteiger partial charge in [0.1, 0.15) is 0 Å². The lowest BCUT2D eigenvalue weighted by atomic mass is 9.53. The summed E-state index contributed by atoms with van der Waals surface area (Å²) in [5, 5.41) is 4.07. The fraction of sp³-hybridized carbons (Fsp3) is 0.526. The van der Waals surface area contributed by atoms with Crippen LogP contribution in [0.15, 0.2) is 30.3 Å². The van der Waals surface area contributed by atoms with Gasteiger partial charge in [0.15, 0.2) is 0 Å². The van der Waals surface area contributed by atoms with Crippen LogP contribution in [0, 0.1) is 17.8 Å². The molecule has 4 bridgehead atoms. The lowest BCUT2D eigenvalue weighted by Crippen LogP contribution is -2.59. The summed E-state index contributed by atoms with van der Waals surface area (Å²) in [4.78, 5) is 12.3. The van der Waals surface area contributed by atoms with Crippen molar-refractivity contribution in [2.24, 2.45) is 17.8 Å². The van der Waals surface area contributed by atoms with Gasteiger partial charge in [-0.2, -0.15) is 0 Å². The number of carbonyl (C=O) groups is 1. The van der Waals surface area contributed by atoms with Crippen molar-refractivity contribution < 1.29 is 4.79 Å². The van der Waals surface area contributed by atoms with Crippen molar-refractivity contribution in [3.8, 4) is 0 Å². The Morgan fingerprint density at radius 3 is 2.14 bits per heavy atom. The Hall–Kier alpha value is -1.28. The Labute approximate surface area is 136 Å². The first-order valence-electron chi connectivity index (χ1n) is 8.36. The van der Waals surface area contributed by atoms with E-state index in [0.717, 1.165) is 28.3 Å². The molecule has 1 amide bonds. The normalized spacial score (nSPS) is 36.0. The Balaban J connectivity index is 1.42. The van der Waals surface area contributed by atoms with Crippen LogP contribution in [-0.2, 0) is 4.79 Å². The van der Waals surface area contributed by atoms with Crippen LogP contribution in [0.25, 0.3) is 6.08 Å². The van der Waals surface area contributed by atoms with E-state index in [2.05, 4.69) is 5.32 Å². The molecule has 4 fully saturated rings. The SMILES string of the molecule is O=C(/C=C/c1ccc(Cl)cc1)NC12CC3CC(CC(C3)C1)C2. The molecule has 5 rings (SSSR count). The van der Waals surface area contributed by atoms with Gasteiger partial charge in [0, 0.05) is 16.6 Å². The molecule has 2 nitrogen and oxygen atoms in total. The van der Waals surface area contributed by atoms with Gasteiger partial charge in [-0.05, 0) is 80.1 Å². The van der Waals surface area contributed by atoms with Crippen molar-refractivity contribution in [3.63, 3.8) is 0 Å². The van der Waals surface area contributed by atoms with E-state index in [0.29, 0.717) is 0 Å². The Kier molecular flexibility index (Phi) is 3.53. The molecule has 1 aromatic carbocycles. The molecular formula is C19H22ClNO. The summed E-state index contributed by atoms with van der Waals surface area (Å²) in [6.45, 7) is 0. The quantitative estimate of drug-likeness (QED) is 0.821. The van der Waals surface area contributed by atoms with Crippen LogP contribution >= 0.6 is 11.6 Å². The van der Waals surface area contributed by atoms with Crippen LogP contribution in [0.1, 0.15) is 44.1 Å². The predicted octanol–water partition coefficient (Wildman–Crippen LogP) is 4.44. The van der Waals surface area contributed by atoms with E-state index in [9.17, 15) is 4.79 Å². The third-order valence-electron chi connectivity index (χ3n) is 5.72. The standard InChI is InChI=1S/C19H22ClNO/c20-17-4-1-13(2-5-17)3-6-18(22)21-19-10-14-7-15(11-19)9-16(8-14)12-19/h1-6,14-16H,7-12H2,(H,21,22)/b6-3+. The van der Waals surface area contributed by atoms with Crippen molar-refractivity contribution in [2.75, 3.05) is 0 Å². The van der Waals surface area contributed by atoms with Gasteiger partial charge in [-0.15, -0.1) is 0 Å². The van der Waals surface area contributed by atoms with E-state index in [1.54, 1.807) is 6.08 Å². The monoisotopic (exact) mass is 315 g/mol. The third-order valence-corrected chi connectivity index (χ3v) is 5.98. The van der Waals surface area contributed by atoms with E-state index in [1.165, 1.54) is 38.5 Å². The molecule has 4 saturated carbocycles. The average molecular weight is 316 g/mol. The highest BCUT2D eigenvalue weighted by Gasteiger charge is 2.51. The number of carbonyl (C=O) groups excluding carboxylic acids is 1. The molecule has 0 unspecified atom stereocenters. The molecule has 4 aliphatic carbocycles. The third kappa shape index (κ3) is 2.81. The van der Waals surface area contributed by atoms with Crippen LogP contribution in [0.3, 0.4) is 0 Å². The van der Waals surface area contributed by atoms with Gasteiger partial charge in [-0.1, -0.05) is 23.7 Å². The lowest BCUT2D eigenvalue weighted by Gasteiger charge is -2.56. The highest BCUT2D eigenvalue weighted by atomic mass is 35.5. The maximum absolute atomic E-state index is 12.3. The fourth-order valence-electron chi connectivity index (χ4n) is 5.31. The summed E-state index contributed by atoms with van der Waals surface area (Å²) < 4.78 is 0. The zero-order chi connectivity index (χ0) is 15.2. The molecule has 0 atom stereocenters. The molecule has 4 aliphatic rings. The maximum atomic E-state index is 12.3. The summed E-state index contributed by atoms with van der Waals surface area (Å²) in [6, 6.07) is 7.55. The molecule has 1 aromatic rings. The van der Waals surface area contributed by atoms with Crippen molar-refractivity contribution >= 4 is 23.6 Å². The number of rotatable bonds is 3. The second kappa shape index (κ2) is 5.42. The molecule has 116 valence electrons. The van der Waals surface area contributed by atoms with Crippen LogP contribution in [0.4, 0.5) is 0 Å². The number of hydrogen-bond acceptors (Lipinski definition) is 1. The number of nitrogens with one attached hydrogen (secondary N) is 1. The molecule has 0 saturated heterocycles. The lowest BCUT2D eigenvalue weighted by molar-refractivity contribution is -0.122. The molecule has 0 spiro atoms. The van der Waals surface area contributed by atoms with Crippen molar-refractivity contribution in [1.82, 2.24) is 5.32 Å². The van der Waals surface area contributed by atoms with Crippen molar-refractivity contribution in [3.05, 3.63) is 40.9 Å². The smallest absolute Gasteiger partial charge is 0.244 e. The van der Waals surface area contributed by atoms with Gasteiger partial charge in [-0.3, -0.25) is 4.79 Å². The van der Waals surface area contributed by atoms with E-state index in [1.807, 2.05) is 30.3 Å². The zero-order valence-electron chi connectivity index (χ0n) is 12.7. The topological polar surface area (TPSA) is 29.1 Å². The largest absolute Gasteiger partial charge is 0.347 e. The predicted molar refractivity (Wildman–Crippen MR) is 89.5 cm³/mol. The fourth-order valence-corrected chi connectivity index (χ4v) is 5.44. The second-order valence-electron chi connectivity index (χ2n) is 7.57. The number of halogens is 1. The van der Waals surface area contributed by atoms with E-state index >= 15 is 0 Å². The van der Waals surface area contributed by atoms with Gasteiger partial charge in [0.05, 0.1) is 0 Å². The summed E-state index contributed by atoms with van der Waals surface area (Å²) in [6.07, 6.45) is 11.3. The summed E-state index contributed by atoms with van der Waals surface area (Å²) in [5.74, 6) is 2.61. The number of benzene rings is 1. The first-order chi connectivity index (χ1) is 10.6. The molecule has 22 heavy (non-hydrogen) atoms. The highest BCUT2D eigenvalue weighted by molar-refractivity contribution is 6.30. The highest BCUT2D eigenvalue weighted by Crippen LogP contribution is 2.55. The number of amides is 1. The first-order valence-corrected chi connectivity index (χ1v) is 8.74. The minimum atomic E-state index is 0.0527. The minimum absolute atomic E-state index is 0.0527. The van der Waals surface area contributed by atoms with Crippen LogP contribution in [-0.4, -0.2) is 11.4 Å². The maximum Gasteiger partial charge on any atom is 0.244 e. The first kappa shape index (κ1) is 14.3. The van der Waals surface area contributed by atoms with Gasteiger partial charge in [-0.25, -0.2) is 0 Å². The second-order valence-corrected chi connectivity index (χ2v) is 8.01. The minimum Gasteiger partial charge on any atom is -0.347 e. The number of hydrogen-bond donors (Lipinski definition) is 1. The average Bonchev–Trinajstić information content (AvgIpc) is 2.44. The van der Waals surface area contributed by atoms with Gasteiger partial charge in [0.25, 0.3) is 0 Å².